The number of amides is 1. The molecule has 1 aliphatic heterocycles. The van der Waals surface area contributed by atoms with Crippen LogP contribution < -0.4 is 0 Å². The van der Waals surface area contributed by atoms with Gasteiger partial charge in [-0.15, -0.1) is 10.2 Å². The molecule has 0 saturated carbocycles. The summed E-state index contributed by atoms with van der Waals surface area (Å²) < 4.78 is 5.63. The van der Waals surface area contributed by atoms with E-state index in [0.717, 1.165) is 13.0 Å². The van der Waals surface area contributed by atoms with E-state index in [1.54, 1.807) is 6.07 Å². The highest BCUT2D eigenvalue weighted by Gasteiger charge is 2.21. The summed E-state index contributed by atoms with van der Waals surface area (Å²) in [6, 6.07) is 15.5. The molecule has 0 aliphatic carbocycles. The minimum atomic E-state index is 0.0713. The van der Waals surface area contributed by atoms with Gasteiger partial charge in [0.25, 0.3) is 5.22 Å². The first kappa shape index (κ1) is 17.1. The molecule has 5 nitrogen and oxygen atoms in total. The molecular formula is C19H16ClN3O2S. The summed E-state index contributed by atoms with van der Waals surface area (Å²) in [7, 11) is 0. The van der Waals surface area contributed by atoms with Gasteiger partial charge in [-0.05, 0) is 29.7 Å². The van der Waals surface area contributed by atoms with Crippen LogP contribution >= 0.6 is 23.4 Å². The third-order valence-corrected chi connectivity index (χ3v) is 5.45. The second kappa shape index (κ2) is 7.51. The van der Waals surface area contributed by atoms with Crippen molar-refractivity contribution < 1.29 is 9.21 Å². The third kappa shape index (κ3) is 3.61. The molecule has 0 spiro atoms. The van der Waals surface area contributed by atoms with Gasteiger partial charge < -0.3 is 9.32 Å². The largest absolute Gasteiger partial charge is 0.411 e. The fourth-order valence-electron chi connectivity index (χ4n) is 2.93. The first-order chi connectivity index (χ1) is 12.7. The number of aromatic nitrogens is 2. The number of fused-ring (bicyclic) bond motifs is 1. The smallest absolute Gasteiger partial charge is 0.277 e. The normalized spacial score (nSPS) is 13.5. The van der Waals surface area contributed by atoms with Crippen molar-refractivity contribution in [3.63, 3.8) is 0 Å². The van der Waals surface area contributed by atoms with Gasteiger partial charge in [0.1, 0.15) is 0 Å². The molecule has 4 rings (SSSR count). The topological polar surface area (TPSA) is 59.2 Å². The van der Waals surface area contributed by atoms with E-state index in [9.17, 15) is 4.79 Å². The van der Waals surface area contributed by atoms with Gasteiger partial charge in [-0.1, -0.05) is 59.8 Å². The first-order valence-corrected chi connectivity index (χ1v) is 9.63. The van der Waals surface area contributed by atoms with Crippen molar-refractivity contribution in [3.8, 4) is 11.5 Å². The predicted octanol–water partition coefficient (Wildman–Crippen LogP) is 4.07. The summed E-state index contributed by atoms with van der Waals surface area (Å²) in [6.07, 6.45) is 0.893. The Hall–Kier alpha value is -2.31. The van der Waals surface area contributed by atoms with E-state index in [-0.39, 0.29) is 11.7 Å². The van der Waals surface area contributed by atoms with E-state index < -0.39 is 0 Å². The van der Waals surface area contributed by atoms with Crippen molar-refractivity contribution in [2.45, 2.75) is 18.2 Å². The molecule has 0 saturated heterocycles. The van der Waals surface area contributed by atoms with E-state index in [0.29, 0.717) is 28.2 Å². The summed E-state index contributed by atoms with van der Waals surface area (Å²) in [5, 5.41) is 8.94. The highest BCUT2D eigenvalue weighted by atomic mass is 35.5. The van der Waals surface area contributed by atoms with Gasteiger partial charge in [-0.2, -0.15) is 0 Å². The number of hydrogen-bond acceptors (Lipinski definition) is 5. The summed E-state index contributed by atoms with van der Waals surface area (Å²) in [5.41, 5.74) is 3.23. The fraction of sp³-hybridized carbons (Fsp3) is 0.211. The molecular weight excluding hydrogens is 370 g/mol. The number of halogens is 1. The molecule has 132 valence electrons. The molecule has 0 unspecified atom stereocenters. The fourth-order valence-corrected chi connectivity index (χ4v) is 3.82. The molecule has 1 amide bonds. The maximum absolute atomic E-state index is 12.5. The third-order valence-electron chi connectivity index (χ3n) is 4.31. The lowest BCUT2D eigenvalue weighted by atomic mass is 10.00. The van der Waals surface area contributed by atoms with Crippen molar-refractivity contribution >= 4 is 29.3 Å². The van der Waals surface area contributed by atoms with Gasteiger partial charge in [0, 0.05) is 13.1 Å². The van der Waals surface area contributed by atoms with Crippen LogP contribution in [0.1, 0.15) is 11.1 Å². The Bertz CT molecular complexity index is 944. The van der Waals surface area contributed by atoms with Crippen molar-refractivity contribution in [1.82, 2.24) is 15.1 Å². The second-order valence-electron chi connectivity index (χ2n) is 5.98. The van der Waals surface area contributed by atoms with Crippen LogP contribution in [0.2, 0.25) is 5.02 Å². The zero-order valence-corrected chi connectivity index (χ0v) is 15.5. The van der Waals surface area contributed by atoms with Gasteiger partial charge in [0.05, 0.1) is 16.3 Å². The van der Waals surface area contributed by atoms with Gasteiger partial charge in [0.15, 0.2) is 0 Å². The summed E-state index contributed by atoms with van der Waals surface area (Å²) in [5.74, 6) is 0.700. The highest BCUT2D eigenvalue weighted by molar-refractivity contribution is 7.99. The molecule has 26 heavy (non-hydrogen) atoms. The number of carbonyl (C=O) groups excluding carboxylic acids is 1. The monoisotopic (exact) mass is 385 g/mol. The van der Waals surface area contributed by atoms with Crippen LogP contribution in [-0.4, -0.2) is 33.3 Å². The lowest BCUT2D eigenvalue weighted by Gasteiger charge is -2.28. The van der Waals surface area contributed by atoms with Crippen molar-refractivity contribution in [2.24, 2.45) is 0 Å². The molecule has 0 fully saturated rings. The van der Waals surface area contributed by atoms with Gasteiger partial charge in [-0.3, -0.25) is 4.79 Å². The second-order valence-corrected chi connectivity index (χ2v) is 7.31. The van der Waals surface area contributed by atoms with Crippen molar-refractivity contribution in [2.75, 3.05) is 12.3 Å². The Balaban J connectivity index is 1.38. The van der Waals surface area contributed by atoms with E-state index in [2.05, 4.69) is 22.3 Å². The van der Waals surface area contributed by atoms with Gasteiger partial charge in [-0.25, -0.2) is 0 Å². The maximum atomic E-state index is 12.5. The molecule has 2 aromatic carbocycles. The number of carbonyl (C=O) groups is 1. The number of hydrogen-bond donors (Lipinski definition) is 0. The maximum Gasteiger partial charge on any atom is 0.277 e. The quantitative estimate of drug-likeness (QED) is 0.633. The summed E-state index contributed by atoms with van der Waals surface area (Å²) in [6.45, 7) is 1.40. The Morgan fingerprint density at radius 3 is 2.73 bits per heavy atom. The molecule has 0 radical (unpaired) electrons. The Labute approximate surface area is 160 Å². The van der Waals surface area contributed by atoms with Crippen LogP contribution in [0.5, 0.6) is 0 Å². The molecule has 0 bridgehead atoms. The van der Waals surface area contributed by atoms with Crippen LogP contribution in [0.4, 0.5) is 0 Å². The molecule has 0 N–H and O–H groups in total. The lowest BCUT2D eigenvalue weighted by molar-refractivity contribution is -0.129. The Kier molecular flexibility index (Phi) is 4.95. The van der Waals surface area contributed by atoms with Crippen LogP contribution in [0.3, 0.4) is 0 Å². The number of rotatable bonds is 4. The minimum Gasteiger partial charge on any atom is -0.411 e. The van der Waals surface area contributed by atoms with Crippen molar-refractivity contribution in [3.05, 3.63) is 64.7 Å². The molecule has 1 aromatic heterocycles. The van der Waals surface area contributed by atoms with E-state index in [1.807, 2.05) is 35.2 Å². The van der Waals surface area contributed by atoms with Gasteiger partial charge >= 0.3 is 0 Å². The van der Waals surface area contributed by atoms with Gasteiger partial charge in [0.2, 0.25) is 11.8 Å². The molecule has 2 heterocycles. The van der Waals surface area contributed by atoms with Crippen LogP contribution in [0.15, 0.2) is 58.2 Å². The summed E-state index contributed by atoms with van der Waals surface area (Å²) >= 11 is 7.39. The Morgan fingerprint density at radius 2 is 1.88 bits per heavy atom. The predicted molar refractivity (Wildman–Crippen MR) is 101 cm³/mol. The Morgan fingerprint density at radius 1 is 1.12 bits per heavy atom. The van der Waals surface area contributed by atoms with Crippen molar-refractivity contribution in [1.29, 1.82) is 0 Å². The van der Waals surface area contributed by atoms with E-state index in [1.165, 1.54) is 22.9 Å². The first-order valence-electron chi connectivity index (χ1n) is 8.26. The minimum absolute atomic E-state index is 0.0713. The van der Waals surface area contributed by atoms with Crippen LogP contribution in [-0.2, 0) is 17.8 Å². The molecule has 0 atom stereocenters. The number of nitrogens with zero attached hydrogens (tertiary/aromatic N) is 3. The zero-order valence-electron chi connectivity index (χ0n) is 13.9. The zero-order chi connectivity index (χ0) is 17.9. The average Bonchev–Trinajstić information content (AvgIpc) is 3.15. The van der Waals surface area contributed by atoms with E-state index >= 15 is 0 Å². The summed E-state index contributed by atoms with van der Waals surface area (Å²) in [4.78, 5) is 14.4. The van der Waals surface area contributed by atoms with Crippen LogP contribution in [0, 0.1) is 0 Å². The average molecular weight is 386 g/mol. The van der Waals surface area contributed by atoms with E-state index in [4.69, 9.17) is 16.0 Å². The molecule has 3 aromatic rings. The standard InChI is InChI=1S/C19H16ClN3O2S/c20-16-8-4-3-7-15(16)18-21-22-19(25-18)26-12-17(24)23-10-9-13-5-1-2-6-14(13)11-23/h1-8H,9-12H2. The number of thioether (sulfide) groups is 1. The SMILES string of the molecule is O=C(CSc1nnc(-c2ccccc2Cl)o1)N1CCc2ccccc2C1. The number of benzene rings is 2. The highest BCUT2D eigenvalue weighted by Crippen LogP contribution is 2.29. The molecule has 1 aliphatic rings. The lowest BCUT2D eigenvalue weighted by Crippen LogP contribution is -2.37. The molecule has 7 heteroatoms. The van der Waals surface area contributed by atoms with Crippen LogP contribution in [0.25, 0.3) is 11.5 Å².